The molecule has 2 saturated heterocycles. The van der Waals surface area contributed by atoms with E-state index in [1.54, 1.807) is 7.11 Å². The van der Waals surface area contributed by atoms with E-state index >= 15 is 0 Å². The van der Waals surface area contributed by atoms with Crippen LogP contribution in [0.15, 0.2) is 18.2 Å². The van der Waals surface area contributed by atoms with Gasteiger partial charge in [-0.05, 0) is 58.6 Å². The van der Waals surface area contributed by atoms with Crippen LogP contribution >= 0.6 is 0 Å². The zero-order valence-electron chi connectivity index (χ0n) is 19.9. The molecule has 1 amide bonds. The second-order valence-electron chi connectivity index (χ2n) is 8.92. The van der Waals surface area contributed by atoms with Crippen LogP contribution in [-0.2, 0) is 13.1 Å². The van der Waals surface area contributed by atoms with Crippen molar-refractivity contribution in [3.63, 3.8) is 0 Å². The fourth-order valence-electron chi connectivity index (χ4n) is 4.85. The third kappa shape index (κ3) is 4.77. The Kier molecular flexibility index (Phi) is 7.04. The molecule has 4 rings (SSSR count). The highest BCUT2D eigenvalue weighted by Gasteiger charge is 2.27. The molecule has 0 bridgehead atoms. The molecule has 3 heterocycles. The number of carbonyl (C=O) groups excluding carboxylic acids is 1. The average Bonchev–Trinajstić information content (AvgIpc) is 3.44. The van der Waals surface area contributed by atoms with Crippen LogP contribution in [0.5, 0.6) is 11.5 Å². The first kappa shape index (κ1) is 22.6. The van der Waals surface area contributed by atoms with Crippen LogP contribution in [0.25, 0.3) is 0 Å². The number of hydrogen-bond acceptors (Lipinski definition) is 5. The summed E-state index contributed by atoms with van der Waals surface area (Å²) in [6, 6.07) is 5.56. The van der Waals surface area contributed by atoms with Crippen molar-refractivity contribution in [2.24, 2.45) is 0 Å². The van der Waals surface area contributed by atoms with Crippen LogP contribution in [0.2, 0.25) is 0 Å². The van der Waals surface area contributed by atoms with E-state index in [1.807, 2.05) is 23.1 Å². The zero-order chi connectivity index (χ0) is 22.7. The van der Waals surface area contributed by atoms with Crippen molar-refractivity contribution in [2.75, 3.05) is 33.3 Å². The van der Waals surface area contributed by atoms with Gasteiger partial charge in [0.15, 0.2) is 0 Å². The highest BCUT2D eigenvalue weighted by Crippen LogP contribution is 2.30. The lowest BCUT2D eigenvalue weighted by Gasteiger charge is -2.32. The molecule has 1 aromatic heterocycles. The Morgan fingerprint density at radius 2 is 1.84 bits per heavy atom. The molecular weight excluding hydrogens is 404 g/mol. The summed E-state index contributed by atoms with van der Waals surface area (Å²) in [7, 11) is 1.64. The number of rotatable bonds is 7. The van der Waals surface area contributed by atoms with Gasteiger partial charge in [-0.1, -0.05) is 0 Å². The molecule has 32 heavy (non-hydrogen) atoms. The lowest BCUT2D eigenvalue weighted by Crippen LogP contribution is -2.38. The molecule has 7 heteroatoms. The Morgan fingerprint density at radius 1 is 1.12 bits per heavy atom. The average molecular weight is 441 g/mol. The Hall–Kier alpha value is -2.54. The number of methoxy groups -OCH3 is 1. The zero-order valence-corrected chi connectivity index (χ0v) is 19.9. The Morgan fingerprint density at radius 3 is 2.47 bits per heavy atom. The molecule has 0 aliphatic carbocycles. The van der Waals surface area contributed by atoms with Crippen LogP contribution < -0.4 is 9.47 Å². The number of amides is 1. The standard InChI is InChI=1S/C25H36N4O3/c1-5-29-19(3)23(18(2)26-29)17-27-14-10-20(11-15-27)32-24-16-21(31-4)8-9-22(24)25(30)28-12-6-7-13-28/h8-9,16,20H,5-7,10-15,17H2,1-4H3. The summed E-state index contributed by atoms with van der Waals surface area (Å²) in [5, 5.41) is 4.66. The molecule has 174 valence electrons. The van der Waals surface area contributed by atoms with Gasteiger partial charge in [0.05, 0.1) is 18.4 Å². The first-order chi connectivity index (χ1) is 15.5. The molecule has 1 aromatic carbocycles. The maximum Gasteiger partial charge on any atom is 0.257 e. The summed E-state index contributed by atoms with van der Waals surface area (Å²) < 4.78 is 13.9. The third-order valence-electron chi connectivity index (χ3n) is 6.85. The first-order valence-corrected chi connectivity index (χ1v) is 11.9. The van der Waals surface area contributed by atoms with Crippen LogP contribution in [-0.4, -0.2) is 64.9 Å². The summed E-state index contributed by atoms with van der Waals surface area (Å²) in [6.45, 7) is 11.8. The van der Waals surface area contributed by atoms with Crippen LogP contribution in [0.4, 0.5) is 0 Å². The summed E-state index contributed by atoms with van der Waals surface area (Å²) in [4.78, 5) is 17.5. The molecule has 0 unspecified atom stereocenters. The third-order valence-corrected chi connectivity index (χ3v) is 6.85. The van der Waals surface area contributed by atoms with Crippen molar-refractivity contribution >= 4 is 5.91 Å². The summed E-state index contributed by atoms with van der Waals surface area (Å²) in [6.07, 6.45) is 4.13. The molecule has 2 fully saturated rings. The number of likely N-dealkylation sites (tertiary alicyclic amines) is 2. The molecule has 0 atom stereocenters. The van der Waals surface area contributed by atoms with E-state index in [-0.39, 0.29) is 12.0 Å². The molecule has 0 N–H and O–H groups in total. The maximum absolute atomic E-state index is 13.0. The molecular formula is C25H36N4O3. The van der Waals surface area contributed by atoms with Crippen LogP contribution in [0.3, 0.4) is 0 Å². The second kappa shape index (κ2) is 9.94. The highest BCUT2D eigenvalue weighted by molar-refractivity contribution is 5.97. The Balaban J connectivity index is 1.40. The lowest BCUT2D eigenvalue weighted by atomic mass is 10.1. The van der Waals surface area contributed by atoms with E-state index in [0.29, 0.717) is 17.1 Å². The van der Waals surface area contributed by atoms with Gasteiger partial charge in [-0.2, -0.15) is 5.10 Å². The fraction of sp³-hybridized carbons (Fsp3) is 0.600. The summed E-state index contributed by atoms with van der Waals surface area (Å²) in [5.41, 5.74) is 4.39. The lowest BCUT2D eigenvalue weighted by molar-refractivity contribution is 0.0764. The van der Waals surface area contributed by atoms with Gasteiger partial charge in [0.1, 0.15) is 17.6 Å². The predicted molar refractivity (Wildman–Crippen MR) is 124 cm³/mol. The number of hydrogen-bond donors (Lipinski definition) is 0. The van der Waals surface area contributed by atoms with Crippen molar-refractivity contribution in [1.82, 2.24) is 19.6 Å². The van der Waals surface area contributed by atoms with Gasteiger partial charge in [-0.3, -0.25) is 14.4 Å². The molecule has 7 nitrogen and oxygen atoms in total. The highest BCUT2D eigenvalue weighted by atomic mass is 16.5. The largest absolute Gasteiger partial charge is 0.497 e. The SMILES string of the molecule is CCn1nc(C)c(CN2CCC(Oc3cc(OC)ccc3C(=O)N3CCCC3)CC2)c1C. The quantitative estimate of drug-likeness (QED) is 0.655. The molecule has 2 aromatic rings. The monoisotopic (exact) mass is 440 g/mol. The van der Waals surface area contributed by atoms with E-state index < -0.39 is 0 Å². The number of aryl methyl sites for hydroxylation is 2. The summed E-state index contributed by atoms with van der Waals surface area (Å²) >= 11 is 0. The maximum atomic E-state index is 13.0. The molecule has 0 saturated carbocycles. The van der Waals surface area contributed by atoms with Gasteiger partial charge in [-0.25, -0.2) is 0 Å². The smallest absolute Gasteiger partial charge is 0.257 e. The predicted octanol–water partition coefficient (Wildman–Crippen LogP) is 3.81. The number of benzene rings is 1. The van der Waals surface area contributed by atoms with E-state index in [1.165, 1.54) is 11.3 Å². The van der Waals surface area contributed by atoms with E-state index in [4.69, 9.17) is 9.47 Å². The fourth-order valence-corrected chi connectivity index (χ4v) is 4.85. The number of carbonyl (C=O) groups is 1. The van der Waals surface area contributed by atoms with E-state index in [2.05, 4.69) is 35.5 Å². The minimum Gasteiger partial charge on any atom is -0.497 e. The topological polar surface area (TPSA) is 59.8 Å². The van der Waals surface area contributed by atoms with Gasteiger partial charge in [0.2, 0.25) is 0 Å². The van der Waals surface area contributed by atoms with Crippen molar-refractivity contribution in [3.8, 4) is 11.5 Å². The van der Waals surface area contributed by atoms with E-state index in [0.717, 1.165) is 70.6 Å². The Labute approximate surface area is 191 Å². The molecule has 2 aliphatic heterocycles. The van der Waals surface area contributed by atoms with Gasteiger partial charge in [0, 0.05) is 56.6 Å². The number of aromatic nitrogens is 2. The van der Waals surface area contributed by atoms with E-state index in [9.17, 15) is 4.79 Å². The second-order valence-corrected chi connectivity index (χ2v) is 8.92. The normalized spacial score (nSPS) is 17.7. The molecule has 0 spiro atoms. The van der Waals surface area contributed by atoms with Gasteiger partial charge < -0.3 is 14.4 Å². The number of piperidine rings is 1. The number of ether oxygens (including phenoxy) is 2. The van der Waals surface area contributed by atoms with Gasteiger partial charge in [0.25, 0.3) is 5.91 Å². The summed E-state index contributed by atoms with van der Waals surface area (Å²) in [5.74, 6) is 1.43. The minimum absolute atomic E-state index is 0.0662. The molecule has 0 radical (unpaired) electrons. The van der Waals surface area contributed by atoms with Crippen molar-refractivity contribution < 1.29 is 14.3 Å². The first-order valence-electron chi connectivity index (χ1n) is 11.9. The minimum atomic E-state index is 0.0662. The van der Waals surface area contributed by atoms with Crippen LogP contribution in [0.1, 0.15) is 59.9 Å². The van der Waals surface area contributed by atoms with Gasteiger partial charge >= 0.3 is 0 Å². The molecule has 2 aliphatic rings. The van der Waals surface area contributed by atoms with Gasteiger partial charge in [-0.15, -0.1) is 0 Å². The van der Waals surface area contributed by atoms with Crippen LogP contribution in [0, 0.1) is 13.8 Å². The van der Waals surface area contributed by atoms with Crippen molar-refractivity contribution in [1.29, 1.82) is 0 Å². The Bertz CT molecular complexity index is 941. The van der Waals surface area contributed by atoms with Crippen molar-refractivity contribution in [3.05, 3.63) is 40.7 Å². The van der Waals surface area contributed by atoms with Crippen molar-refractivity contribution in [2.45, 2.75) is 65.6 Å². The number of nitrogens with zero attached hydrogens (tertiary/aromatic N) is 4.